The number of anilines is 1. The van der Waals surface area contributed by atoms with Gasteiger partial charge in [0, 0.05) is 5.69 Å². The van der Waals surface area contributed by atoms with Gasteiger partial charge in [-0.2, -0.15) is 0 Å². The lowest BCUT2D eigenvalue weighted by molar-refractivity contribution is 0.729. The molecular weight excluding hydrogens is 162 g/mol. The van der Waals surface area contributed by atoms with Crippen molar-refractivity contribution in [3.63, 3.8) is 0 Å². The van der Waals surface area contributed by atoms with Crippen LogP contribution >= 0.6 is 0 Å². The second-order valence-corrected chi connectivity index (χ2v) is 3.28. The largest absolute Gasteiger partial charge is 0.397 e. The van der Waals surface area contributed by atoms with Crippen LogP contribution in [0.1, 0.15) is 24.1 Å². The van der Waals surface area contributed by atoms with Gasteiger partial charge >= 0.3 is 0 Å². The molecule has 0 fully saturated rings. The summed E-state index contributed by atoms with van der Waals surface area (Å²) in [7, 11) is 0. The Bertz CT molecular complexity index is 271. The van der Waals surface area contributed by atoms with E-state index in [1.165, 1.54) is 5.56 Å². The number of nitrogen functional groups attached to an aromatic ring is 1. The fraction of sp³-hybridized carbons (Fsp3) is 0.500. The van der Waals surface area contributed by atoms with Crippen LogP contribution < -0.4 is 11.5 Å². The van der Waals surface area contributed by atoms with Gasteiger partial charge in [-0.15, -0.1) is 0 Å². The molecule has 0 aliphatic heterocycles. The number of unbranched alkanes of at least 4 members (excludes halogenated alkanes) is 1. The minimum absolute atomic E-state index is 0.736. The van der Waals surface area contributed by atoms with E-state index in [1.807, 2.05) is 13.0 Å². The maximum absolute atomic E-state index is 5.60. The Hall–Kier alpha value is -1.09. The molecule has 0 bridgehead atoms. The minimum atomic E-state index is 0.736. The van der Waals surface area contributed by atoms with Gasteiger partial charge in [0.15, 0.2) is 0 Å². The predicted molar refractivity (Wildman–Crippen MR) is 55.4 cm³/mol. The molecule has 0 amide bonds. The molecule has 0 unspecified atom stereocenters. The Labute approximate surface area is 79.2 Å². The van der Waals surface area contributed by atoms with Crippen molar-refractivity contribution in [1.82, 2.24) is 4.98 Å². The third kappa shape index (κ3) is 3.03. The summed E-state index contributed by atoms with van der Waals surface area (Å²) in [6.07, 6.45) is 4.88. The predicted octanol–water partition coefficient (Wildman–Crippen LogP) is 1.25. The van der Waals surface area contributed by atoms with Crippen LogP contribution in [0.25, 0.3) is 0 Å². The molecule has 4 N–H and O–H groups in total. The van der Waals surface area contributed by atoms with Crippen LogP contribution in [0.15, 0.2) is 12.3 Å². The number of nitrogens with two attached hydrogens (primary N) is 2. The van der Waals surface area contributed by atoms with E-state index >= 15 is 0 Å². The lowest BCUT2D eigenvalue weighted by atomic mass is 10.1. The summed E-state index contributed by atoms with van der Waals surface area (Å²) < 4.78 is 0. The first-order chi connectivity index (χ1) is 6.24. The van der Waals surface area contributed by atoms with Gasteiger partial charge in [-0.1, -0.05) is 0 Å². The van der Waals surface area contributed by atoms with E-state index in [9.17, 15) is 0 Å². The standard InChI is InChI=1S/C10H17N3/c1-8-6-9(12)7-13-10(8)4-2-3-5-11/h6-7H,2-5,11-12H2,1H3. The molecular formula is C10H17N3. The molecule has 0 saturated carbocycles. The summed E-state index contributed by atoms with van der Waals surface area (Å²) in [6.45, 7) is 2.80. The first-order valence-corrected chi connectivity index (χ1v) is 4.65. The molecule has 13 heavy (non-hydrogen) atoms. The van der Waals surface area contributed by atoms with Crippen LogP contribution in [0.2, 0.25) is 0 Å². The molecule has 1 rings (SSSR count). The normalized spacial score (nSPS) is 10.3. The first-order valence-electron chi connectivity index (χ1n) is 4.65. The molecule has 1 heterocycles. The first kappa shape index (κ1) is 9.99. The number of aromatic nitrogens is 1. The highest BCUT2D eigenvalue weighted by Gasteiger charge is 1.99. The average molecular weight is 179 g/mol. The molecule has 1 aromatic heterocycles. The van der Waals surface area contributed by atoms with E-state index in [0.29, 0.717) is 0 Å². The number of pyridine rings is 1. The van der Waals surface area contributed by atoms with Crippen LogP contribution in [-0.2, 0) is 6.42 Å². The van der Waals surface area contributed by atoms with Crippen molar-refractivity contribution in [3.05, 3.63) is 23.5 Å². The number of aryl methyl sites for hydroxylation is 2. The Kier molecular flexibility index (Phi) is 3.71. The van der Waals surface area contributed by atoms with E-state index in [0.717, 1.165) is 37.2 Å². The van der Waals surface area contributed by atoms with Crippen LogP contribution in [0.5, 0.6) is 0 Å². The fourth-order valence-electron chi connectivity index (χ4n) is 1.32. The molecule has 0 atom stereocenters. The van der Waals surface area contributed by atoms with Gasteiger partial charge in [-0.3, -0.25) is 4.98 Å². The summed E-state index contributed by atoms with van der Waals surface area (Å²) in [5, 5.41) is 0. The van der Waals surface area contributed by atoms with Gasteiger partial charge in [0.1, 0.15) is 0 Å². The molecule has 3 heteroatoms. The summed E-state index contributed by atoms with van der Waals surface area (Å²) in [6, 6.07) is 1.96. The van der Waals surface area contributed by atoms with Crippen LogP contribution in [0.3, 0.4) is 0 Å². The average Bonchev–Trinajstić information content (AvgIpc) is 2.09. The zero-order valence-corrected chi connectivity index (χ0v) is 8.09. The van der Waals surface area contributed by atoms with Crippen molar-refractivity contribution in [2.24, 2.45) is 5.73 Å². The molecule has 0 radical (unpaired) electrons. The summed E-state index contributed by atoms with van der Waals surface area (Å²) >= 11 is 0. The van der Waals surface area contributed by atoms with Gasteiger partial charge in [0.2, 0.25) is 0 Å². The molecule has 0 spiro atoms. The van der Waals surface area contributed by atoms with Gasteiger partial charge in [-0.05, 0) is 44.4 Å². The Morgan fingerprint density at radius 3 is 2.77 bits per heavy atom. The Morgan fingerprint density at radius 2 is 2.15 bits per heavy atom. The van der Waals surface area contributed by atoms with Gasteiger partial charge in [0.05, 0.1) is 11.9 Å². The summed E-state index contributed by atoms with van der Waals surface area (Å²) in [5.74, 6) is 0. The minimum Gasteiger partial charge on any atom is -0.397 e. The second kappa shape index (κ2) is 4.82. The maximum Gasteiger partial charge on any atom is 0.0503 e. The highest BCUT2D eigenvalue weighted by molar-refractivity contribution is 5.39. The van der Waals surface area contributed by atoms with Crippen molar-refractivity contribution in [3.8, 4) is 0 Å². The summed E-state index contributed by atoms with van der Waals surface area (Å²) in [5.41, 5.74) is 14.1. The van der Waals surface area contributed by atoms with Crippen LogP contribution in [-0.4, -0.2) is 11.5 Å². The van der Waals surface area contributed by atoms with Gasteiger partial charge in [0.25, 0.3) is 0 Å². The van der Waals surface area contributed by atoms with Crippen molar-refractivity contribution >= 4 is 5.69 Å². The zero-order chi connectivity index (χ0) is 9.68. The Balaban J connectivity index is 2.56. The Morgan fingerprint density at radius 1 is 1.38 bits per heavy atom. The smallest absolute Gasteiger partial charge is 0.0503 e. The molecule has 1 aromatic rings. The molecule has 0 aromatic carbocycles. The fourth-order valence-corrected chi connectivity index (χ4v) is 1.32. The maximum atomic E-state index is 5.60. The number of nitrogens with zero attached hydrogens (tertiary/aromatic N) is 1. The SMILES string of the molecule is Cc1cc(N)cnc1CCCCN. The van der Waals surface area contributed by atoms with Crippen molar-refractivity contribution in [1.29, 1.82) is 0 Å². The highest BCUT2D eigenvalue weighted by Crippen LogP contribution is 2.11. The van der Waals surface area contributed by atoms with Crippen LogP contribution in [0, 0.1) is 6.92 Å². The molecule has 0 aliphatic rings. The highest BCUT2D eigenvalue weighted by atomic mass is 14.7. The van der Waals surface area contributed by atoms with E-state index in [4.69, 9.17) is 11.5 Å². The number of hydrogen-bond donors (Lipinski definition) is 2. The van der Waals surface area contributed by atoms with Crippen LogP contribution in [0.4, 0.5) is 5.69 Å². The van der Waals surface area contributed by atoms with E-state index in [2.05, 4.69) is 4.98 Å². The molecule has 0 saturated heterocycles. The quantitative estimate of drug-likeness (QED) is 0.684. The third-order valence-corrected chi connectivity index (χ3v) is 2.08. The third-order valence-electron chi connectivity index (χ3n) is 2.08. The monoisotopic (exact) mass is 179 g/mol. The topological polar surface area (TPSA) is 64.9 Å². The summed E-state index contributed by atoms with van der Waals surface area (Å²) in [4.78, 5) is 4.28. The lowest BCUT2D eigenvalue weighted by Gasteiger charge is -2.04. The van der Waals surface area contributed by atoms with Crippen molar-refractivity contribution in [2.45, 2.75) is 26.2 Å². The van der Waals surface area contributed by atoms with E-state index < -0.39 is 0 Å². The second-order valence-electron chi connectivity index (χ2n) is 3.28. The zero-order valence-electron chi connectivity index (χ0n) is 8.09. The van der Waals surface area contributed by atoms with Gasteiger partial charge in [-0.25, -0.2) is 0 Å². The number of hydrogen-bond acceptors (Lipinski definition) is 3. The van der Waals surface area contributed by atoms with Crippen molar-refractivity contribution in [2.75, 3.05) is 12.3 Å². The molecule has 3 nitrogen and oxygen atoms in total. The number of rotatable bonds is 4. The van der Waals surface area contributed by atoms with E-state index in [-0.39, 0.29) is 0 Å². The lowest BCUT2D eigenvalue weighted by Crippen LogP contribution is -2.01. The van der Waals surface area contributed by atoms with Crippen molar-refractivity contribution < 1.29 is 0 Å². The molecule has 0 aliphatic carbocycles. The van der Waals surface area contributed by atoms with E-state index in [1.54, 1.807) is 6.20 Å². The molecule has 72 valence electrons. The van der Waals surface area contributed by atoms with Gasteiger partial charge < -0.3 is 11.5 Å².